The van der Waals surface area contributed by atoms with E-state index in [9.17, 15) is 4.79 Å². The van der Waals surface area contributed by atoms with Crippen LogP contribution in [0.2, 0.25) is 0 Å². The van der Waals surface area contributed by atoms with Gasteiger partial charge in [-0.2, -0.15) is 0 Å². The third-order valence-electron chi connectivity index (χ3n) is 2.45. The predicted octanol–water partition coefficient (Wildman–Crippen LogP) is 0.906. The second kappa shape index (κ2) is 5.62. The number of carbonyl (C=O) groups excluding carboxylic acids is 1. The van der Waals surface area contributed by atoms with Crippen LogP contribution in [0.4, 0.5) is 0 Å². The Morgan fingerprint density at radius 2 is 2.41 bits per heavy atom. The molecule has 1 amide bonds. The van der Waals surface area contributed by atoms with E-state index < -0.39 is 0 Å². The molecule has 0 aliphatic carbocycles. The van der Waals surface area contributed by atoms with Gasteiger partial charge in [-0.15, -0.1) is 11.3 Å². The molecular weight excluding hydrogens is 240 g/mol. The molecule has 1 atom stereocenters. The minimum absolute atomic E-state index is 0.0948. The molecule has 1 aromatic heterocycles. The fraction of sp³-hybridized carbons (Fsp3) is 0.500. The van der Waals surface area contributed by atoms with Crippen LogP contribution in [-0.4, -0.2) is 40.4 Å². The predicted molar refractivity (Wildman–Crippen MR) is 66.4 cm³/mol. The fourth-order valence-electron chi connectivity index (χ4n) is 1.37. The zero-order chi connectivity index (χ0) is 13.0. The van der Waals surface area contributed by atoms with Crippen LogP contribution in [0.3, 0.4) is 0 Å². The minimum atomic E-state index is -0.192. The number of rotatable bonds is 4. The monoisotopic (exact) mass is 256 g/mol. The van der Waals surface area contributed by atoms with Gasteiger partial charge in [-0.3, -0.25) is 4.79 Å². The Morgan fingerprint density at radius 1 is 1.76 bits per heavy atom. The molecule has 1 rings (SSSR count). The number of nitrogens with zero attached hydrogens (tertiary/aromatic N) is 3. The summed E-state index contributed by atoms with van der Waals surface area (Å²) >= 11 is 1.31. The third kappa shape index (κ3) is 3.16. The molecule has 0 radical (unpaired) electrons. The highest BCUT2D eigenvalue weighted by atomic mass is 32.1. The number of carbonyl (C=O) groups is 1. The van der Waals surface area contributed by atoms with E-state index in [0.717, 1.165) is 5.69 Å². The van der Waals surface area contributed by atoms with Crippen LogP contribution in [0.15, 0.2) is 10.7 Å². The maximum atomic E-state index is 12.0. The van der Waals surface area contributed by atoms with Gasteiger partial charge in [-0.05, 0) is 6.92 Å². The summed E-state index contributed by atoms with van der Waals surface area (Å²) in [6, 6.07) is 0. The van der Waals surface area contributed by atoms with E-state index in [2.05, 4.69) is 10.1 Å². The summed E-state index contributed by atoms with van der Waals surface area (Å²) in [4.78, 5) is 18.2. The summed E-state index contributed by atoms with van der Waals surface area (Å²) in [5.74, 6) is -0.171. The number of amides is 1. The Kier molecular flexibility index (Phi) is 4.45. The highest BCUT2D eigenvalue weighted by Crippen LogP contribution is 2.15. The number of aromatic nitrogens is 1. The van der Waals surface area contributed by atoms with Crippen molar-refractivity contribution in [1.29, 1.82) is 0 Å². The molecule has 0 aliphatic rings. The van der Waals surface area contributed by atoms with Gasteiger partial charge < -0.3 is 15.8 Å². The Morgan fingerprint density at radius 3 is 2.88 bits per heavy atom. The molecule has 0 fully saturated rings. The average molecular weight is 256 g/mol. The Bertz CT molecular complexity index is 430. The summed E-state index contributed by atoms with van der Waals surface area (Å²) in [6.45, 7) is 3.98. The van der Waals surface area contributed by atoms with Gasteiger partial charge in [0.05, 0.1) is 11.2 Å². The van der Waals surface area contributed by atoms with Gasteiger partial charge in [0.2, 0.25) is 0 Å². The molecular formula is C10H16N4O2S. The quantitative estimate of drug-likeness (QED) is 0.362. The number of thiazole rings is 1. The van der Waals surface area contributed by atoms with Crippen LogP contribution in [-0.2, 0) is 0 Å². The summed E-state index contributed by atoms with van der Waals surface area (Å²) in [7, 11) is 1.68. The van der Waals surface area contributed by atoms with E-state index in [4.69, 9.17) is 10.9 Å². The number of aryl methyl sites for hydroxylation is 1. The number of nitrogens with two attached hydrogens (primary N) is 1. The minimum Gasteiger partial charge on any atom is -0.409 e. The first-order chi connectivity index (χ1) is 7.97. The first kappa shape index (κ1) is 13.4. The smallest absolute Gasteiger partial charge is 0.265 e. The zero-order valence-corrected chi connectivity index (χ0v) is 10.9. The highest BCUT2D eigenvalue weighted by Gasteiger charge is 2.19. The van der Waals surface area contributed by atoms with E-state index in [1.165, 1.54) is 11.3 Å². The van der Waals surface area contributed by atoms with E-state index in [1.54, 1.807) is 31.3 Å². The highest BCUT2D eigenvalue weighted by molar-refractivity contribution is 7.11. The molecule has 3 N–H and O–H groups in total. The molecule has 1 heterocycles. The van der Waals surface area contributed by atoms with Crippen LogP contribution in [0.25, 0.3) is 0 Å². The number of oxime groups is 1. The Hall–Kier alpha value is -1.63. The lowest BCUT2D eigenvalue weighted by atomic mass is 10.1. The van der Waals surface area contributed by atoms with Gasteiger partial charge in [0, 0.05) is 19.5 Å². The van der Waals surface area contributed by atoms with Gasteiger partial charge in [0.1, 0.15) is 10.7 Å². The first-order valence-electron chi connectivity index (χ1n) is 5.10. The van der Waals surface area contributed by atoms with Crippen molar-refractivity contribution >= 4 is 23.1 Å². The van der Waals surface area contributed by atoms with Crippen molar-refractivity contribution in [2.75, 3.05) is 13.6 Å². The molecule has 6 nitrogen and oxygen atoms in total. The van der Waals surface area contributed by atoms with Crippen molar-refractivity contribution in [3.05, 3.63) is 16.1 Å². The molecule has 17 heavy (non-hydrogen) atoms. The summed E-state index contributed by atoms with van der Waals surface area (Å²) in [5, 5.41) is 11.5. The van der Waals surface area contributed by atoms with Crippen molar-refractivity contribution in [2.24, 2.45) is 16.8 Å². The molecule has 0 bridgehead atoms. The average Bonchev–Trinajstić information content (AvgIpc) is 2.73. The third-order valence-corrected chi connectivity index (χ3v) is 3.37. The molecule has 94 valence electrons. The van der Waals surface area contributed by atoms with Gasteiger partial charge >= 0.3 is 0 Å². The molecule has 0 spiro atoms. The fourth-order valence-corrected chi connectivity index (χ4v) is 2.16. The van der Waals surface area contributed by atoms with Gasteiger partial charge in [-0.25, -0.2) is 4.98 Å². The molecule has 7 heteroatoms. The standard InChI is InChI=1S/C10H16N4O2S/c1-6(9(11)13-16)4-14(3)10(15)8-7(2)12-5-17-8/h5-6,16H,4H2,1-3H3,(H2,11,13). The lowest BCUT2D eigenvalue weighted by Gasteiger charge is -2.20. The van der Waals surface area contributed by atoms with Crippen LogP contribution in [0.1, 0.15) is 22.3 Å². The van der Waals surface area contributed by atoms with Crippen molar-refractivity contribution in [1.82, 2.24) is 9.88 Å². The SMILES string of the molecule is Cc1ncsc1C(=O)N(C)CC(C)/C(N)=N/O. The van der Waals surface area contributed by atoms with E-state index in [-0.39, 0.29) is 17.7 Å². The lowest BCUT2D eigenvalue weighted by molar-refractivity contribution is 0.0790. The number of hydrogen-bond acceptors (Lipinski definition) is 5. The Balaban J connectivity index is 2.69. The van der Waals surface area contributed by atoms with Gasteiger partial charge in [0.15, 0.2) is 0 Å². The van der Waals surface area contributed by atoms with Crippen molar-refractivity contribution in [3.63, 3.8) is 0 Å². The van der Waals surface area contributed by atoms with Crippen molar-refractivity contribution in [3.8, 4) is 0 Å². The van der Waals surface area contributed by atoms with Crippen LogP contribution < -0.4 is 5.73 Å². The number of amidine groups is 1. The molecule has 0 aromatic carbocycles. The van der Waals surface area contributed by atoms with E-state index in [0.29, 0.717) is 11.4 Å². The maximum absolute atomic E-state index is 12.0. The summed E-state index contributed by atoms with van der Waals surface area (Å²) in [6.07, 6.45) is 0. The largest absolute Gasteiger partial charge is 0.409 e. The van der Waals surface area contributed by atoms with Crippen molar-refractivity contribution < 1.29 is 10.0 Å². The van der Waals surface area contributed by atoms with E-state index >= 15 is 0 Å². The Labute approximate surface area is 104 Å². The first-order valence-corrected chi connectivity index (χ1v) is 5.98. The van der Waals surface area contributed by atoms with Crippen LogP contribution >= 0.6 is 11.3 Å². The second-order valence-electron chi connectivity index (χ2n) is 3.88. The molecule has 0 aliphatic heterocycles. The van der Waals surface area contributed by atoms with Crippen LogP contribution in [0, 0.1) is 12.8 Å². The molecule has 0 saturated carbocycles. The molecule has 1 unspecified atom stereocenters. The van der Waals surface area contributed by atoms with E-state index in [1.807, 2.05) is 0 Å². The van der Waals surface area contributed by atoms with Gasteiger partial charge in [0.25, 0.3) is 5.91 Å². The summed E-state index contributed by atoms with van der Waals surface area (Å²) in [5.41, 5.74) is 7.83. The van der Waals surface area contributed by atoms with Crippen LogP contribution in [0.5, 0.6) is 0 Å². The normalized spacial score (nSPS) is 13.5. The van der Waals surface area contributed by atoms with Crippen molar-refractivity contribution in [2.45, 2.75) is 13.8 Å². The molecule has 1 aromatic rings. The lowest BCUT2D eigenvalue weighted by Crippen LogP contribution is -2.36. The molecule has 0 saturated heterocycles. The number of hydrogen-bond donors (Lipinski definition) is 2. The zero-order valence-electron chi connectivity index (χ0n) is 10.0. The topological polar surface area (TPSA) is 91.8 Å². The van der Waals surface area contributed by atoms with Gasteiger partial charge in [-0.1, -0.05) is 12.1 Å². The summed E-state index contributed by atoms with van der Waals surface area (Å²) < 4.78 is 0. The second-order valence-corrected chi connectivity index (χ2v) is 4.73. The maximum Gasteiger partial charge on any atom is 0.265 e.